The van der Waals surface area contributed by atoms with Crippen LogP contribution in [0, 0.1) is 0 Å². The SMILES string of the molecule is COc1ccccc1[C@@H](c1ccccc1)C(Cl)(Cl)Cl. The van der Waals surface area contributed by atoms with Gasteiger partial charge in [0.05, 0.1) is 13.0 Å². The second kappa shape index (κ2) is 6.04. The highest BCUT2D eigenvalue weighted by molar-refractivity contribution is 6.68. The topological polar surface area (TPSA) is 9.23 Å². The highest BCUT2D eigenvalue weighted by Crippen LogP contribution is 2.47. The fraction of sp³-hybridized carbons (Fsp3) is 0.200. The van der Waals surface area contributed by atoms with Gasteiger partial charge in [0.2, 0.25) is 3.79 Å². The van der Waals surface area contributed by atoms with Crippen LogP contribution in [0.15, 0.2) is 54.6 Å². The van der Waals surface area contributed by atoms with E-state index in [-0.39, 0.29) is 5.92 Å². The summed E-state index contributed by atoms with van der Waals surface area (Å²) in [6.07, 6.45) is 0. The molecule has 1 nitrogen and oxygen atoms in total. The number of halogens is 3. The highest BCUT2D eigenvalue weighted by Gasteiger charge is 2.36. The Morgan fingerprint density at radius 2 is 1.47 bits per heavy atom. The van der Waals surface area contributed by atoms with Crippen LogP contribution in [0.4, 0.5) is 0 Å². The van der Waals surface area contributed by atoms with E-state index in [1.165, 1.54) is 0 Å². The molecule has 100 valence electrons. The Labute approximate surface area is 128 Å². The summed E-state index contributed by atoms with van der Waals surface area (Å²) in [7, 11) is 1.61. The van der Waals surface area contributed by atoms with Crippen molar-refractivity contribution < 1.29 is 4.74 Å². The second-order valence-electron chi connectivity index (χ2n) is 4.13. The van der Waals surface area contributed by atoms with Crippen LogP contribution < -0.4 is 4.74 Å². The number of hydrogen-bond donors (Lipinski definition) is 0. The molecule has 0 aliphatic carbocycles. The maximum Gasteiger partial charge on any atom is 0.201 e. The van der Waals surface area contributed by atoms with Gasteiger partial charge in [-0.15, -0.1) is 0 Å². The molecule has 0 aliphatic heterocycles. The zero-order chi connectivity index (χ0) is 13.9. The number of rotatable bonds is 3. The van der Waals surface area contributed by atoms with Gasteiger partial charge in [0.1, 0.15) is 5.75 Å². The molecule has 0 saturated heterocycles. The molecule has 0 unspecified atom stereocenters. The van der Waals surface area contributed by atoms with Crippen molar-refractivity contribution in [3.05, 3.63) is 65.7 Å². The molecule has 0 saturated carbocycles. The Morgan fingerprint density at radius 1 is 0.895 bits per heavy atom. The van der Waals surface area contributed by atoms with Crippen LogP contribution in [0.1, 0.15) is 17.0 Å². The van der Waals surface area contributed by atoms with Gasteiger partial charge in [-0.3, -0.25) is 0 Å². The number of ether oxygens (including phenoxy) is 1. The van der Waals surface area contributed by atoms with Gasteiger partial charge in [0, 0.05) is 5.56 Å². The first kappa shape index (κ1) is 14.5. The first-order chi connectivity index (χ1) is 9.04. The molecular weight excluding hydrogens is 303 g/mol. The lowest BCUT2D eigenvalue weighted by molar-refractivity contribution is 0.407. The van der Waals surface area contributed by atoms with Gasteiger partial charge in [0.25, 0.3) is 0 Å². The lowest BCUT2D eigenvalue weighted by atomic mass is 9.92. The lowest BCUT2D eigenvalue weighted by Crippen LogP contribution is -2.19. The molecule has 0 bridgehead atoms. The van der Waals surface area contributed by atoms with Crippen LogP contribution in [0.2, 0.25) is 0 Å². The molecule has 0 amide bonds. The largest absolute Gasteiger partial charge is 0.496 e. The Bertz CT molecular complexity index is 535. The summed E-state index contributed by atoms with van der Waals surface area (Å²) in [5.74, 6) is 0.331. The van der Waals surface area contributed by atoms with E-state index in [9.17, 15) is 0 Å². The third-order valence-electron chi connectivity index (χ3n) is 2.91. The van der Waals surface area contributed by atoms with Crippen LogP contribution in [0.25, 0.3) is 0 Å². The summed E-state index contributed by atoms with van der Waals surface area (Å²) < 4.78 is 3.92. The van der Waals surface area contributed by atoms with E-state index in [4.69, 9.17) is 39.5 Å². The van der Waals surface area contributed by atoms with Crippen molar-refractivity contribution in [1.82, 2.24) is 0 Å². The van der Waals surface area contributed by atoms with Gasteiger partial charge in [-0.05, 0) is 11.6 Å². The van der Waals surface area contributed by atoms with Gasteiger partial charge < -0.3 is 4.74 Å². The molecule has 0 radical (unpaired) electrons. The third-order valence-corrected chi connectivity index (χ3v) is 3.56. The number of methoxy groups -OCH3 is 1. The normalized spacial score (nSPS) is 13.1. The summed E-state index contributed by atoms with van der Waals surface area (Å²) in [5.41, 5.74) is 1.79. The fourth-order valence-corrected chi connectivity index (χ4v) is 2.83. The Balaban J connectivity index is 2.56. The van der Waals surface area contributed by atoms with Gasteiger partial charge in [-0.25, -0.2) is 0 Å². The van der Waals surface area contributed by atoms with Gasteiger partial charge in [-0.2, -0.15) is 0 Å². The molecule has 0 aromatic heterocycles. The number of alkyl halides is 3. The monoisotopic (exact) mass is 314 g/mol. The van der Waals surface area contributed by atoms with Gasteiger partial charge in [0.15, 0.2) is 0 Å². The van der Waals surface area contributed by atoms with Crippen molar-refractivity contribution >= 4 is 34.8 Å². The molecule has 1 atom stereocenters. The summed E-state index contributed by atoms with van der Waals surface area (Å²) in [4.78, 5) is 0. The average molecular weight is 316 g/mol. The van der Waals surface area contributed by atoms with Crippen LogP contribution in [0.3, 0.4) is 0 Å². The van der Waals surface area contributed by atoms with Crippen molar-refractivity contribution in [3.8, 4) is 5.75 Å². The average Bonchev–Trinajstić information content (AvgIpc) is 2.39. The number of benzene rings is 2. The quantitative estimate of drug-likeness (QED) is 0.708. The Hall–Kier alpha value is -0.890. The summed E-state index contributed by atoms with van der Waals surface area (Å²) in [5, 5.41) is 0. The van der Waals surface area contributed by atoms with Crippen molar-refractivity contribution in [3.63, 3.8) is 0 Å². The summed E-state index contributed by atoms with van der Waals surface area (Å²) in [6.45, 7) is 0. The Kier molecular flexibility index (Phi) is 4.62. The zero-order valence-corrected chi connectivity index (χ0v) is 12.6. The molecule has 0 aliphatic rings. The van der Waals surface area contributed by atoms with E-state index in [1.807, 2.05) is 54.6 Å². The third kappa shape index (κ3) is 3.36. The maximum absolute atomic E-state index is 6.17. The summed E-state index contributed by atoms with van der Waals surface area (Å²) >= 11 is 18.5. The van der Waals surface area contributed by atoms with E-state index >= 15 is 0 Å². The molecule has 19 heavy (non-hydrogen) atoms. The van der Waals surface area contributed by atoms with E-state index in [0.717, 1.165) is 11.1 Å². The molecule has 0 fully saturated rings. The first-order valence-corrected chi connectivity index (χ1v) is 6.92. The molecule has 2 rings (SSSR count). The van der Waals surface area contributed by atoms with E-state index < -0.39 is 3.79 Å². The van der Waals surface area contributed by atoms with Crippen LogP contribution in [0.5, 0.6) is 5.75 Å². The van der Waals surface area contributed by atoms with E-state index in [1.54, 1.807) is 7.11 Å². The van der Waals surface area contributed by atoms with Crippen LogP contribution in [-0.2, 0) is 0 Å². The van der Waals surface area contributed by atoms with Crippen LogP contribution >= 0.6 is 34.8 Å². The van der Waals surface area contributed by atoms with Crippen molar-refractivity contribution in [2.75, 3.05) is 7.11 Å². The van der Waals surface area contributed by atoms with Gasteiger partial charge in [-0.1, -0.05) is 83.3 Å². The minimum Gasteiger partial charge on any atom is -0.496 e. The van der Waals surface area contributed by atoms with E-state index in [0.29, 0.717) is 5.75 Å². The minimum atomic E-state index is -1.45. The first-order valence-electron chi connectivity index (χ1n) is 5.78. The lowest BCUT2D eigenvalue weighted by Gasteiger charge is -2.26. The summed E-state index contributed by atoms with van der Waals surface area (Å²) in [6, 6.07) is 17.2. The molecule has 4 heteroatoms. The molecule has 2 aromatic carbocycles. The maximum atomic E-state index is 6.17. The highest BCUT2D eigenvalue weighted by atomic mass is 35.6. The van der Waals surface area contributed by atoms with E-state index in [2.05, 4.69) is 0 Å². The zero-order valence-electron chi connectivity index (χ0n) is 10.3. The predicted octanol–water partition coefficient (Wildman–Crippen LogP) is 5.20. The predicted molar refractivity (Wildman–Crippen MR) is 81.6 cm³/mol. The molecule has 0 N–H and O–H groups in total. The molecular formula is C15H13Cl3O. The molecule has 2 aromatic rings. The van der Waals surface area contributed by atoms with Crippen LogP contribution in [-0.4, -0.2) is 10.9 Å². The number of para-hydroxylation sites is 1. The molecule has 0 heterocycles. The van der Waals surface area contributed by atoms with Crippen molar-refractivity contribution in [2.45, 2.75) is 9.71 Å². The minimum absolute atomic E-state index is 0.380. The molecule has 0 spiro atoms. The number of hydrogen-bond acceptors (Lipinski definition) is 1. The standard InChI is InChI=1S/C15H13Cl3O/c1-19-13-10-6-5-9-12(13)14(15(16,17)18)11-7-3-2-4-8-11/h2-10,14H,1H3/t14-/m1/s1. The fourth-order valence-electron chi connectivity index (χ4n) is 2.10. The Morgan fingerprint density at radius 3 is 2.05 bits per heavy atom. The second-order valence-corrected chi connectivity index (χ2v) is 6.50. The smallest absolute Gasteiger partial charge is 0.201 e. The van der Waals surface area contributed by atoms with Crippen molar-refractivity contribution in [1.29, 1.82) is 0 Å². The van der Waals surface area contributed by atoms with Crippen molar-refractivity contribution in [2.24, 2.45) is 0 Å². The van der Waals surface area contributed by atoms with Gasteiger partial charge >= 0.3 is 0 Å².